The van der Waals surface area contributed by atoms with E-state index in [0.717, 1.165) is 0 Å². The topological polar surface area (TPSA) is 106 Å². The number of hydrogen-bond donors (Lipinski definition) is 0. The second-order valence-electron chi connectivity index (χ2n) is 5.91. The number of amides is 1. The molecule has 2 unspecified atom stereocenters. The first-order valence-corrected chi connectivity index (χ1v) is 9.46. The van der Waals surface area contributed by atoms with Crippen molar-refractivity contribution in [3.63, 3.8) is 0 Å². The minimum absolute atomic E-state index is 0.0136. The number of carbonyl (C=O) groups excluding carboxylic acids is 1. The molecular formula is C16H18N2O6S. The van der Waals surface area contributed by atoms with E-state index >= 15 is 0 Å². The zero-order chi connectivity index (χ0) is 18.4. The third-order valence-electron chi connectivity index (χ3n) is 4.61. The zero-order valence-corrected chi connectivity index (χ0v) is 14.9. The number of hydrogen-bond acceptors (Lipinski definition) is 7. The van der Waals surface area contributed by atoms with Crippen molar-refractivity contribution in [1.29, 1.82) is 5.26 Å². The smallest absolute Gasteiger partial charge is 0.256 e. The van der Waals surface area contributed by atoms with E-state index in [1.807, 2.05) is 0 Å². The predicted molar refractivity (Wildman–Crippen MR) is 87.7 cm³/mol. The summed E-state index contributed by atoms with van der Waals surface area (Å²) in [4.78, 5) is 14.3. The van der Waals surface area contributed by atoms with E-state index in [0.29, 0.717) is 17.7 Å². The summed E-state index contributed by atoms with van der Waals surface area (Å²) in [6.45, 7) is 0. The fraction of sp³-hybridized carbons (Fsp3) is 0.500. The minimum Gasteiger partial charge on any atom is -0.493 e. The summed E-state index contributed by atoms with van der Waals surface area (Å²) in [6.07, 6.45) is 0.316. The third-order valence-corrected chi connectivity index (χ3v) is 6.36. The van der Waals surface area contributed by atoms with Crippen molar-refractivity contribution in [1.82, 2.24) is 4.90 Å². The Bertz CT molecular complexity index is 874. The maximum absolute atomic E-state index is 12.9. The van der Waals surface area contributed by atoms with Crippen LogP contribution in [0, 0.1) is 11.3 Å². The molecule has 0 radical (unpaired) electrons. The molecule has 0 aliphatic carbocycles. The highest BCUT2D eigenvalue weighted by atomic mass is 32.2. The molecule has 1 aromatic rings. The van der Waals surface area contributed by atoms with E-state index in [9.17, 15) is 18.5 Å². The lowest BCUT2D eigenvalue weighted by Crippen LogP contribution is -2.38. The van der Waals surface area contributed by atoms with Crippen LogP contribution in [0.3, 0.4) is 0 Å². The molecule has 0 bridgehead atoms. The highest BCUT2D eigenvalue weighted by Gasteiger charge is 2.47. The molecule has 2 heterocycles. The van der Waals surface area contributed by atoms with Gasteiger partial charge in [0.25, 0.3) is 5.91 Å². The number of carbonyl (C=O) groups is 1. The highest BCUT2D eigenvalue weighted by molar-refractivity contribution is 7.91. The maximum Gasteiger partial charge on any atom is 0.256 e. The van der Waals surface area contributed by atoms with Crippen molar-refractivity contribution in [3.05, 3.63) is 17.2 Å². The van der Waals surface area contributed by atoms with E-state index < -0.39 is 27.8 Å². The first-order chi connectivity index (χ1) is 11.9. The van der Waals surface area contributed by atoms with Crippen molar-refractivity contribution in [3.8, 4) is 23.3 Å². The Kier molecular flexibility index (Phi) is 4.24. The summed E-state index contributed by atoms with van der Waals surface area (Å²) in [7, 11) is 1.09. The van der Waals surface area contributed by atoms with Crippen LogP contribution in [0.2, 0.25) is 0 Å². The van der Waals surface area contributed by atoms with Crippen molar-refractivity contribution in [2.75, 3.05) is 32.8 Å². The molecule has 2 atom stereocenters. The molecule has 9 heteroatoms. The Morgan fingerprint density at radius 1 is 1.20 bits per heavy atom. The summed E-state index contributed by atoms with van der Waals surface area (Å²) in [5.74, 6) is 0.325. The lowest BCUT2D eigenvalue weighted by atomic mass is 10.0. The molecule has 0 spiro atoms. The van der Waals surface area contributed by atoms with Gasteiger partial charge in [-0.25, -0.2) is 8.42 Å². The quantitative estimate of drug-likeness (QED) is 0.780. The van der Waals surface area contributed by atoms with Gasteiger partial charge < -0.3 is 19.1 Å². The summed E-state index contributed by atoms with van der Waals surface area (Å²) >= 11 is 0. The lowest BCUT2D eigenvalue weighted by Gasteiger charge is -2.26. The Balaban J connectivity index is 2.16. The third kappa shape index (κ3) is 2.57. The van der Waals surface area contributed by atoms with Gasteiger partial charge in [0.05, 0.1) is 44.5 Å². The summed E-state index contributed by atoms with van der Waals surface area (Å²) in [5.41, 5.74) is 0.655. The number of benzene rings is 1. The molecule has 1 saturated heterocycles. The number of rotatable bonds is 4. The van der Waals surface area contributed by atoms with Crippen LogP contribution in [0.25, 0.3) is 0 Å². The van der Waals surface area contributed by atoms with Gasteiger partial charge in [0.2, 0.25) is 5.75 Å². The number of methoxy groups -OCH3 is 3. The van der Waals surface area contributed by atoms with Crippen LogP contribution in [0.15, 0.2) is 6.07 Å². The van der Waals surface area contributed by atoms with Crippen molar-refractivity contribution in [2.24, 2.45) is 0 Å². The molecule has 0 aromatic heterocycles. The van der Waals surface area contributed by atoms with Gasteiger partial charge in [-0.1, -0.05) is 0 Å². The second-order valence-corrected chi connectivity index (χ2v) is 8.14. The van der Waals surface area contributed by atoms with Crippen LogP contribution in [0.4, 0.5) is 0 Å². The molecule has 0 N–H and O–H groups in total. The van der Waals surface area contributed by atoms with E-state index in [1.165, 1.54) is 32.3 Å². The van der Waals surface area contributed by atoms with Gasteiger partial charge in [0, 0.05) is 11.6 Å². The van der Waals surface area contributed by atoms with Crippen LogP contribution in [0.5, 0.6) is 17.2 Å². The van der Waals surface area contributed by atoms with Gasteiger partial charge in [-0.3, -0.25) is 4.79 Å². The summed E-state index contributed by atoms with van der Waals surface area (Å²) in [6, 6.07) is 2.14. The number of ether oxygens (including phenoxy) is 3. The van der Waals surface area contributed by atoms with Gasteiger partial charge in [0.15, 0.2) is 21.3 Å². The van der Waals surface area contributed by atoms with Crippen molar-refractivity contribution >= 4 is 15.7 Å². The van der Waals surface area contributed by atoms with Gasteiger partial charge in [-0.05, 0) is 12.5 Å². The van der Waals surface area contributed by atoms with Crippen molar-refractivity contribution in [2.45, 2.75) is 18.5 Å². The number of nitriles is 1. The Hall–Kier alpha value is -2.47. The van der Waals surface area contributed by atoms with E-state index in [1.54, 1.807) is 0 Å². The van der Waals surface area contributed by atoms with E-state index in [2.05, 4.69) is 6.07 Å². The van der Waals surface area contributed by atoms with Crippen LogP contribution in [-0.2, 0) is 9.84 Å². The van der Waals surface area contributed by atoms with Crippen LogP contribution in [0.1, 0.15) is 28.4 Å². The second kappa shape index (κ2) is 6.11. The normalized spacial score (nSPS) is 23.9. The van der Waals surface area contributed by atoms with Gasteiger partial charge in [-0.2, -0.15) is 5.26 Å². The fourth-order valence-corrected chi connectivity index (χ4v) is 5.23. The first-order valence-electron chi connectivity index (χ1n) is 7.64. The molecule has 2 aliphatic rings. The average molecular weight is 366 g/mol. The summed E-state index contributed by atoms with van der Waals surface area (Å²) < 4.78 is 39.6. The SMILES string of the molecule is COc1cc2c(c(OC)c1OC)C(C#N)N(C1CCS(=O)(=O)C1)C2=O. The Morgan fingerprint density at radius 2 is 1.88 bits per heavy atom. The molecular weight excluding hydrogens is 348 g/mol. The van der Waals surface area contributed by atoms with E-state index in [-0.39, 0.29) is 28.6 Å². The molecule has 8 nitrogen and oxygen atoms in total. The molecule has 3 rings (SSSR count). The monoisotopic (exact) mass is 366 g/mol. The largest absolute Gasteiger partial charge is 0.493 e. The highest BCUT2D eigenvalue weighted by Crippen LogP contribution is 2.50. The van der Waals surface area contributed by atoms with E-state index in [4.69, 9.17) is 14.2 Å². The summed E-state index contributed by atoms with van der Waals surface area (Å²) in [5, 5.41) is 9.68. The van der Waals surface area contributed by atoms with Crippen molar-refractivity contribution < 1.29 is 27.4 Å². The Morgan fingerprint density at radius 3 is 2.36 bits per heavy atom. The minimum atomic E-state index is -3.20. The number of sulfone groups is 1. The molecule has 134 valence electrons. The molecule has 1 aromatic carbocycles. The van der Waals surface area contributed by atoms with Crippen LogP contribution < -0.4 is 14.2 Å². The molecule has 0 saturated carbocycles. The maximum atomic E-state index is 12.9. The van der Waals surface area contributed by atoms with Crippen LogP contribution >= 0.6 is 0 Å². The molecule has 25 heavy (non-hydrogen) atoms. The standard InChI is InChI=1S/C16H18N2O6S/c1-22-12-6-10-13(15(24-3)14(12)23-2)11(7-17)18(16(10)19)9-4-5-25(20,21)8-9/h6,9,11H,4-5,8H2,1-3H3. The van der Waals surface area contributed by atoms with Gasteiger partial charge in [0.1, 0.15) is 6.04 Å². The average Bonchev–Trinajstić information content (AvgIpc) is 3.09. The first kappa shape index (κ1) is 17.4. The van der Waals surface area contributed by atoms with Crippen LogP contribution in [-0.4, -0.2) is 58.1 Å². The fourth-order valence-electron chi connectivity index (χ4n) is 3.52. The molecule has 1 amide bonds. The Labute approximate surface area is 145 Å². The molecule has 1 fully saturated rings. The number of nitrogens with zero attached hydrogens (tertiary/aromatic N) is 2. The van der Waals surface area contributed by atoms with Gasteiger partial charge >= 0.3 is 0 Å². The lowest BCUT2D eigenvalue weighted by molar-refractivity contribution is 0.0693. The number of fused-ring (bicyclic) bond motifs is 1. The predicted octanol–water partition coefficient (Wildman–Crippen LogP) is 0.920. The zero-order valence-electron chi connectivity index (χ0n) is 14.1. The molecule has 2 aliphatic heterocycles. The van der Waals surface area contributed by atoms with Gasteiger partial charge in [-0.15, -0.1) is 0 Å².